The lowest BCUT2D eigenvalue weighted by Gasteiger charge is -2.29. The Morgan fingerprint density at radius 3 is 1.13 bits per heavy atom. The molecule has 0 heteroatoms. The van der Waals surface area contributed by atoms with Gasteiger partial charge in [0.25, 0.3) is 0 Å². The van der Waals surface area contributed by atoms with E-state index in [1.807, 2.05) is 0 Å². The number of benzene rings is 4. The predicted octanol–water partition coefficient (Wildman–Crippen LogP) is 11.3. The van der Waals surface area contributed by atoms with Crippen molar-refractivity contribution in [2.45, 2.75) is 104 Å². The molecule has 0 bridgehead atoms. The lowest BCUT2D eigenvalue weighted by atomic mass is 9.75. The van der Waals surface area contributed by atoms with Crippen molar-refractivity contribution in [3.05, 3.63) is 102 Å². The van der Waals surface area contributed by atoms with Crippen LogP contribution in [0.25, 0.3) is 33.4 Å². The number of hydrogen-bond donors (Lipinski definition) is 0. The second-order valence-corrected chi connectivity index (χ2v) is 12.4. The van der Waals surface area contributed by atoms with E-state index in [-0.39, 0.29) is 0 Å². The van der Waals surface area contributed by atoms with Crippen molar-refractivity contribution in [1.82, 2.24) is 0 Å². The summed E-state index contributed by atoms with van der Waals surface area (Å²) in [6.45, 7) is 34.5. The maximum Gasteiger partial charge on any atom is -0.0107 e. The largest absolute Gasteiger partial charge is 0.0561 e. The van der Waals surface area contributed by atoms with E-state index >= 15 is 0 Å². The summed E-state index contributed by atoms with van der Waals surface area (Å²) < 4.78 is 0. The molecule has 0 radical (unpaired) electrons. The molecule has 0 aliphatic heterocycles. The van der Waals surface area contributed by atoms with Crippen LogP contribution in [0.5, 0.6) is 0 Å². The Hall–Kier alpha value is -3.12. The van der Waals surface area contributed by atoms with Crippen molar-refractivity contribution in [3.63, 3.8) is 0 Å². The molecule has 0 amide bonds. The summed E-state index contributed by atoms with van der Waals surface area (Å²) in [5.41, 5.74) is 29.3. The van der Waals surface area contributed by atoms with E-state index in [0.717, 1.165) is 0 Å². The van der Waals surface area contributed by atoms with Crippen LogP contribution in [0, 0.1) is 104 Å². The van der Waals surface area contributed by atoms with Crippen molar-refractivity contribution in [2.75, 3.05) is 0 Å². The van der Waals surface area contributed by atoms with E-state index in [4.69, 9.17) is 0 Å². The Morgan fingerprint density at radius 2 is 0.615 bits per heavy atom. The van der Waals surface area contributed by atoms with Gasteiger partial charge < -0.3 is 0 Å². The molecule has 4 aromatic rings. The zero-order valence-corrected chi connectivity index (χ0v) is 27.2. The molecule has 0 atom stereocenters. The van der Waals surface area contributed by atoms with Crippen molar-refractivity contribution >= 4 is 0 Å². The maximum atomic E-state index is 2.44. The van der Waals surface area contributed by atoms with Crippen LogP contribution in [-0.4, -0.2) is 0 Å². The third kappa shape index (κ3) is 4.37. The van der Waals surface area contributed by atoms with Gasteiger partial charge in [-0.3, -0.25) is 0 Å². The Kier molecular flexibility index (Phi) is 7.50. The zero-order valence-electron chi connectivity index (χ0n) is 27.2. The Labute approximate surface area is 238 Å². The molecular weight excluding hydrogens is 468 g/mol. The van der Waals surface area contributed by atoms with Gasteiger partial charge in [-0.2, -0.15) is 0 Å². The fourth-order valence-electron chi connectivity index (χ4n) is 7.05. The first kappa shape index (κ1) is 28.9. The highest BCUT2D eigenvalue weighted by Gasteiger charge is 2.26. The van der Waals surface area contributed by atoms with Crippen LogP contribution in [0.3, 0.4) is 0 Å². The monoisotopic (exact) mass is 516 g/mol. The van der Waals surface area contributed by atoms with E-state index in [1.54, 1.807) is 0 Å². The van der Waals surface area contributed by atoms with E-state index < -0.39 is 0 Å². The van der Waals surface area contributed by atoms with Gasteiger partial charge in [-0.1, -0.05) is 23.8 Å². The molecule has 4 aromatic carbocycles. The molecular formula is C39H48. The van der Waals surface area contributed by atoms with Gasteiger partial charge >= 0.3 is 0 Å². The SMILES string of the molecule is Cc1cc(C)c(C)c(-c2c(C)c(-c3cc(C)c(C)c(C)c3C)c(C)c(-c3c(C)c(C)c(C)c(C)c3C)c2C)c1. The van der Waals surface area contributed by atoms with Crippen LogP contribution in [0.15, 0.2) is 18.2 Å². The van der Waals surface area contributed by atoms with Crippen LogP contribution in [-0.2, 0) is 0 Å². The van der Waals surface area contributed by atoms with Gasteiger partial charge in [-0.15, -0.1) is 0 Å². The first-order valence-corrected chi connectivity index (χ1v) is 14.5. The minimum Gasteiger partial charge on any atom is -0.0561 e. The summed E-state index contributed by atoms with van der Waals surface area (Å²) >= 11 is 0. The molecule has 0 aliphatic carbocycles. The quantitative estimate of drug-likeness (QED) is 0.254. The van der Waals surface area contributed by atoms with Crippen LogP contribution in [0.2, 0.25) is 0 Å². The molecule has 0 saturated carbocycles. The van der Waals surface area contributed by atoms with E-state index in [0.29, 0.717) is 0 Å². The van der Waals surface area contributed by atoms with Crippen molar-refractivity contribution in [3.8, 4) is 33.4 Å². The minimum absolute atomic E-state index is 1.32. The molecule has 0 N–H and O–H groups in total. The Balaban J connectivity index is 2.32. The van der Waals surface area contributed by atoms with Crippen molar-refractivity contribution in [2.24, 2.45) is 0 Å². The summed E-state index contributed by atoms with van der Waals surface area (Å²) in [6, 6.07) is 7.16. The van der Waals surface area contributed by atoms with Gasteiger partial charge in [0.2, 0.25) is 0 Å². The number of rotatable bonds is 3. The normalized spacial score (nSPS) is 11.5. The summed E-state index contributed by atoms with van der Waals surface area (Å²) in [5, 5.41) is 0. The fraction of sp³-hybridized carbons (Fsp3) is 0.385. The average molecular weight is 517 g/mol. The minimum atomic E-state index is 1.32. The molecule has 204 valence electrons. The predicted molar refractivity (Wildman–Crippen MR) is 174 cm³/mol. The second kappa shape index (κ2) is 10.1. The summed E-state index contributed by atoms with van der Waals surface area (Å²) in [4.78, 5) is 0. The third-order valence-corrected chi connectivity index (χ3v) is 10.3. The number of hydrogen-bond acceptors (Lipinski definition) is 0. The van der Waals surface area contributed by atoms with Crippen molar-refractivity contribution < 1.29 is 0 Å². The van der Waals surface area contributed by atoms with Gasteiger partial charge in [-0.25, -0.2) is 0 Å². The lowest BCUT2D eigenvalue weighted by Crippen LogP contribution is -2.07. The highest BCUT2D eigenvalue weighted by Crippen LogP contribution is 2.48. The first-order chi connectivity index (χ1) is 18.1. The lowest BCUT2D eigenvalue weighted by molar-refractivity contribution is 1.17. The van der Waals surface area contributed by atoms with Crippen LogP contribution in [0.1, 0.15) is 83.5 Å². The smallest absolute Gasteiger partial charge is 0.0107 e. The molecule has 4 rings (SSSR count). The molecule has 0 nitrogen and oxygen atoms in total. The Morgan fingerprint density at radius 1 is 0.256 bits per heavy atom. The highest BCUT2D eigenvalue weighted by molar-refractivity contribution is 5.95. The van der Waals surface area contributed by atoms with Gasteiger partial charge in [0.1, 0.15) is 0 Å². The third-order valence-electron chi connectivity index (χ3n) is 10.3. The van der Waals surface area contributed by atoms with E-state index in [9.17, 15) is 0 Å². The molecule has 0 heterocycles. The average Bonchev–Trinajstić information content (AvgIpc) is 2.88. The molecule has 0 spiro atoms. The van der Waals surface area contributed by atoms with Crippen molar-refractivity contribution in [1.29, 1.82) is 0 Å². The van der Waals surface area contributed by atoms with Gasteiger partial charge in [0.15, 0.2) is 0 Å². The molecule has 0 aliphatic rings. The number of aryl methyl sites for hydroxylation is 3. The topological polar surface area (TPSA) is 0 Å². The van der Waals surface area contributed by atoms with E-state index in [1.165, 1.54) is 117 Å². The van der Waals surface area contributed by atoms with Gasteiger partial charge in [0, 0.05) is 0 Å². The molecule has 0 saturated heterocycles. The summed E-state index contributed by atoms with van der Waals surface area (Å²) in [5.74, 6) is 0. The van der Waals surface area contributed by atoms with Gasteiger partial charge in [-0.05, 0) is 215 Å². The standard InChI is InChI=1S/C39H48/c1-19-16-20(2)23(5)34(17-19)36-31(13)37(35-18-21(3)22(4)24(6)28(35)10)33(15)39(32(36)14)38-29(11)26(8)25(7)27(9)30(38)12/h16-18H,1-15H3. The van der Waals surface area contributed by atoms with Crippen LogP contribution < -0.4 is 0 Å². The molecule has 0 fully saturated rings. The maximum absolute atomic E-state index is 2.44. The second-order valence-electron chi connectivity index (χ2n) is 12.4. The van der Waals surface area contributed by atoms with Crippen LogP contribution in [0.4, 0.5) is 0 Å². The van der Waals surface area contributed by atoms with Gasteiger partial charge in [0.05, 0.1) is 0 Å². The fourth-order valence-corrected chi connectivity index (χ4v) is 7.05. The van der Waals surface area contributed by atoms with E-state index in [2.05, 4.69) is 122 Å². The molecule has 0 aromatic heterocycles. The highest BCUT2D eigenvalue weighted by atomic mass is 14.3. The molecule has 39 heavy (non-hydrogen) atoms. The first-order valence-electron chi connectivity index (χ1n) is 14.5. The Bertz CT molecular complexity index is 1640. The summed E-state index contributed by atoms with van der Waals surface area (Å²) in [7, 11) is 0. The summed E-state index contributed by atoms with van der Waals surface area (Å²) in [6.07, 6.45) is 0. The zero-order chi connectivity index (χ0) is 29.2. The molecule has 0 unspecified atom stereocenters. The van der Waals surface area contributed by atoms with Crippen LogP contribution >= 0.6 is 0 Å².